The predicted octanol–water partition coefficient (Wildman–Crippen LogP) is 2.29. The highest BCUT2D eigenvalue weighted by Gasteiger charge is 2.31. The fourth-order valence-corrected chi connectivity index (χ4v) is 5.91. The maximum atomic E-state index is 14.9. The first kappa shape index (κ1) is 30.1. The average molecular weight is 641 g/mol. The average Bonchev–Trinajstić information content (AvgIpc) is 3.63. The van der Waals surface area contributed by atoms with E-state index in [1.54, 1.807) is 0 Å². The Bertz CT molecular complexity index is 1930. The van der Waals surface area contributed by atoms with Crippen LogP contribution in [0, 0.1) is 5.95 Å². The molecule has 0 spiro atoms. The van der Waals surface area contributed by atoms with Crippen LogP contribution in [0.15, 0.2) is 29.5 Å². The second kappa shape index (κ2) is 11.6. The van der Waals surface area contributed by atoms with Gasteiger partial charge in [0.25, 0.3) is 11.5 Å². The van der Waals surface area contributed by atoms with E-state index in [0.717, 1.165) is 19.6 Å². The highest BCUT2D eigenvalue weighted by molar-refractivity contribution is 6.33. The lowest BCUT2D eigenvalue weighted by atomic mass is 10.0. The van der Waals surface area contributed by atoms with E-state index in [4.69, 9.17) is 26.8 Å². The number of hydrogen-bond acceptors (Lipinski definition) is 10. The Morgan fingerprint density at radius 3 is 2.69 bits per heavy atom. The van der Waals surface area contributed by atoms with Crippen LogP contribution in [0.2, 0.25) is 5.02 Å². The number of piperazine rings is 1. The molecule has 1 aromatic carbocycles. The van der Waals surface area contributed by atoms with E-state index in [0.29, 0.717) is 12.4 Å². The summed E-state index contributed by atoms with van der Waals surface area (Å²) in [6.07, 6.45) is 2.80. The van der Waals surface area contributed by atoms with Crippen LogP contribution in [-0.2, 0) is 18.4 Å². The summed E-state index contributed by atoms with van der Waals surface area (Å²) in [6, 6.07) is 2.88. The van der Waals surface area contributed by atoms with Gasteiger partial charge in [0.2, 0.25) is 24.4 Å². The number of primary amides is 1. The number of fused-ring (bicyclic) bond motifs is 2. The molecule has 1 saturated heterocycles. The van der Waals surface area contributed by atoms with E-state index < -0.39 is 29.1 Å². The monoisotopic (exact) mass is 640 g/mol. The number of anilines is 2. The highest BCUT2D eigenvalue weighted by atomic mass is 35.5. The molecular weight excluding hydrogens is 611 g/mol. The first-order valence-corrected chi connectivity index (χ1v) is 14.5. The minimum absolute atomic E-state index is 0.0443. The third-order valence-corrected chi connectivity index (χ3v) is 8.41. The maximum absolute atomic E-state index is 14.9. The van der Waals surface area contributed by atoms with Crippen molar-refractivity contribution >= 4 is 46.0 Å². The van der Waals surface area contributed by atoms with Gasteiger partial charge < -0.3 is 39.7 Å². The fraction of sp³-hybridized carbons (Fsp3) is 0.345. The number of carbonyl (C=O) groups excluding carboxylic acids is 2. The van der Waals surface area contributed by atoms with Gasteiger partial charge in [0.15, 0.2) is 11.5 Å². The van der Waals surface area contributed by atoms with E-state index in [1.807, 2.05) is 11.8 Å². The first-order valence-electron chi connectivity index (χ1n) is 14.1. The number of pyridine rings is 1. The Labute approximate surface area is 260 Å². The maximum Gasteiger partial charge on any atom is 0.263 e. The van der Waals surface area contributed by atoms with Crippen LogP contribution < -0.4 is 31.0 Å². The summed E-state index contributed by atoms with van der Waals surface area (Å²) in [4.78, 5) is 51.5. The number of aromatic hydroxyl groups is 1. The molecule has 4 aromatic rings. The lowest BCUT2D eigenvalue weighted by Crippen LogP contribution is -2.52. The second-order valence-corrected chi connectivity index (χ2v) is 11.3. The van der Waals surface area contributed by atoms with Gasteiger partial charge in [-0.05, 0) is 19.5 Å². The van der Waals surface area contributed by atoms with Gasteiger partial charge in [0, 0.05) is 56.1 Å². The zero-order chi connectivity index (χ0) is 32.2. The summed E-state index contributed by atoms with van der Waals surface area (Å²) < 4.78 is 28.5. The van der Waals surface area contributed by atoms with Crippen LogP contribution in [-0.4, -0.2) is 79.9 Å². The minimum Gasteiger partial charge on any atom is -0.504 e. The van der Waals surface area contributed by atoms with Gasteiger partial charge in [-0.3, -0.25) is 19.3 Å². The lowest BCUT2D eigenvalue weighted by molar-refractivity contribution is -0.116. The van der Waals surface area contributed by atoms with E-state index in [1.165, 1.54) is 40.8 Å². The van der Waals surface area contributed by atoms with E-state index in [-0.39, 0.29) is 69.3 Å². The van der Waals surface area contributed by atoms with E-state index in [9.17, 15) is 23.9 Å². The Kier molecular flexibility index (Phi) is 7.74. The Balaban J connectivity index is 1.36. The molecule has 236 valence electrons. The molecule has 2 aliphatic heterocycles. The fourth-order valence-electron chi connectivity index (χ4n) is 5.76. The molecule has 45 heavy (non-hydrogen) atoms. The summed E-state index contributed by atoms with van der Waals surface area (Å²) in [5.74, 6) is -2.58. The number of phenols is 1. The zero-order valence-electron chi connectivity index (χ0n) is 24.6. The lowest BCUT2D eigenvalue weighted by Gasteiger charge is -2.40. The number of halogens is 2. The number of likely N-dealkylation sites (N-methyl/N-ethyl adjacent to an activating group) is 1. The molecule has 5 heterocycles. The van der Waals surface area contributed by atoms with Gasteiger partial charge in [-0.1, -0.05) is 18.5 Å². The molecular formula is C29H30ClFN8O6. The number of aromatic nitrogens is 4. The van der Waals surface area contributed by atoms with Gasteiger partial charge in [0.05, 0.1) is 23.0 Å². The van der Waals surface area contributed by atoms with Crippen molar-refractivity contribution in [3.8, 4) is 28.4 Å². The van der Waals surface area contributed by atoms with Crippen LogP contribution in [0.5, 0.6) is 17.2 Å². The number of hydrogen-bond donors (Lipinski definition) is 3. The van der Waals surface area contributed by atoms with Gasteiger partial charge in [-0.25, -0.2) is 9.97 Å². The molecule has 14 nitrogen and oxygen atoms in total. The molecule has 3 aromatic heterocycles. The number of amides is 2. The van der Waals surface area contributed by atoms with Crippen molar-refractivity contribution < 1.29 is 28.6 Å². The molecule has 0 radical (unpaired) electrons. The van der Waals surface area contributed by atoms with Crippen LogP contribution >= 0.6 is 11.6 Å². The van der Waals surface area contributed by atoms with Crippen molar-refractivity contribution in [3.63, 3.8) is 0 Å². The normalized spacial score (nSPS) is 16.4. The van der Waals surface area contributed by atoms with Crippen molar-refractivity contribution in [2.45, 2.75) is 26.4 Å². The topological polar surface area (TPSA) is 170 Å². The molecule has 6 rings (SSSR count). The minimum atomic E-state index is -0.927. The summed E-state index contributed by atoms with van der Waals surface area (Å²) in [6.45, 7) is 6.61. The number of rotatable bonds is 7. The Hall–Kier alpha value is -4.89. The van der Waals surface area contributed by atoms with Crippen molar-refractivity contribution in [1.82, 2.24) is 24.0 Å². The second-order valence-electron chi connectivity index (χ2n) is 10.9. The molecule has 16 heteroatoms. The molecule has 0 bridgehead atoms. The molecule has 4 N–H and O–H groups in total. The summed E-state index contributed by atoms with van der Waals surface area (Å²) >= 11 is 6.23. The van der Waals surface area contributed by atoms with Crippen molar-refractivity contribution in [2.75, 3.05) is 43.2 Å². The molecule has 2 aliphatic rings. The first-order chi connectivity index (χ1) is 21.5. The number of nitrogens with two attached hydrogens (primary N) is 1. The number of ether oxygens (including phenoxy) is 2. The smallest absolute Gasteiger partial charge is 0.263 e. The number of nitrogens with one attached hydrogen (secondary N) is 1. The van der Waals surface area contributed by atoms with E-state index in [2.05, 4.69) is 27.1 Å². The van der Waals surface area contributed by atoms with Gasteiger partial charge in [-0.15, -0.1) is 0 Å². The van der Waals surface area contributed by atoms with Gasteiger partial charge >= 0.3 is 0 Å². The van der Waals surface area contributed by atoms with Crippen LogP contribution in [0.1, 0.15) is 24.2 Å². The van der Waals surface area contributed by atoms with E-state index >= 15 is 0 Å². The third-order valence-electron chi connectivity index (χ3n) is 8.05. The third kappa shape index (κ3) is 5.27. The van der Waals surface area contributed by atoms with Crippen molar-refractivity contribution in [2.24, 2.45) is 12.8 Å². The van der Waals surface area contributed by atoms with Gasteiger partial charge in [0.1, 0.15) is 23.0 Å². The molecule has 0 saturated carbocycles. The predicted molar refractivity (Wildman–Crippen MR) is 163 cm³/mol. The number of carbonyl (C=O) groups is 2. The number of nitrogens with zero attached hydrogens (tertiary/aromatic N) is 6. The Morgan fingerprint density at radius 1 is 1.22 bits per heavy atom. The standard InChI is InChI=1S/C29H30ClFN8O6/c1-4-37-5-6-39(14(2)9-37)19-8-18(22(30)26(31)35-19)34-20(40)11-38-10-17(21-28(38)33-12-36(3)29(21)43)15-7-16(27(32)42)23(41)25-24(15)44-13-45-25/h7-8,10,12,14,41H,4-6,9,11,13H2,1-3H3,(H2,32,42)(H,34,35,40)/t14-/m0/s1. The number of benzene rings is 1. The highest BCUT2D eigenvalue weighted by Crippen LogP contribution is 2.50. The van der Waals surface area contributed by atoms with Gasteiger partial charge in [-0.2, -0.15) is 4.39 Å². The Morgan fingerprint density at radius 2 is 1.98 bits per heavy atom. The van der Waals surface area contributed by atoms with Crippen LogP contribution in [0.25, 0.3) is 22.2 Å². The largest absolute Gasteiger partial charge is 0.504 e. The quantitative estimate of drug-likeness (QED) is 0.255. The summed E-state index contributed by atoms with van der Waals surface area (Å²) in [5, 5.41) is 13.0. The molecule has 1 atom stereocenters. The molecule has 1 fully saturated rings. The molecule has 0 unspecified atom stereocenters. The van der Waals surface area contributed by atoms with Crippen molar-refractivity contribution in [3.05, 3.63) is 51.5 Å². The van der Waals surface area contributed by atoms with Crippen LogP contribution in [0.4, 0.5) is 15.9 Å². The summed E-state index contributed by atoms with van der Waals surface area (Å²) in [5.41, 5.74) is 5.47. The summed E-state index contributed by atoms with van der Waals surface area (Å²) in [7, 11) is 1.51. The molecule has 2 amide bonds. The van der Waals surface area contributed by atoms with Crippen molar-refractivity contribution in [1.29, 1.82) is 0 Å². The van der Waals surface area contributed by atoms with Crippen LogP contribution in [0.3, 0.4) is 0 Å². The molecule has 0 aliphatic carbocycles. The zero-order valence-corrected chi connectivity index (χ0v) is 25.4. The number of aryl methyl sites for hydroxylation is 1. The SMILES string of the molecule is CCN1CCN(c2cc(NC(=O)Cn3cc(-c4cc(C(N)=O)c(O)c5c4OCO5)c4c(=O)n(C)cnc43)c(Cl)c(F)n2)[C@@H](C)C1.